The number of halogens is 3. The van der Waals surface area contributed by atoms with E-state index in [1.165, 1.54) is 11.9 Å². The SMILES string of the molecule is CC(C)[C@H](NC(=O)C/C=C/c1ccc2ccc([C@@H](C)O)cc2c1)C(=O)N[C@@H](C)C(=O)N1CCCC(C(=O)OCC(Cl)(Cl)Cl)N1. The molecule has 10 nitrogen and oxygen atoms in total. The standard InChI is InChI=1S/C31H39Cl3N4O6/c1-18(2)27(36-26(40)9-5-7-21-10-11-22-12-13-23(20(4)39)16-24(22)15-21)28(41)35-19(3)29(42)38-14-6-8-25(37-38)30(43)44-17-31(32,33)34/h5,7,10-13,15-16,18-20,25,27,37,39H,6,8-9,14,17H2,1-4H3,(H,35,41)(H,36,40)/b7-5+/t19-,20+,25?,27-/m0/s1. The molecule has 0 radical (unpaired) electrons. The Morgan fingerprint density at radius 1 is 1.07 bits per heavy atom. The highest BCUT2D eigenvalue weighted by Crippen LogP contribution is 2.26. The quantitative estimate of drug-likeness (QED) is 0.206. The van der Waals surface area contributed by atoms with Crippen LogP contribution < -0.4 is 16.1 Å². The molecule has 0 saturated carbocycles. The minimum atomic E-state index is -1.75. The van der Waals surface area contributed by atoms with Gasteiger partial charge >= 0.3 is 5.97 Å². The van der Waals surface area contributed by atoms with Crippen molar-refractivity contribution in [3.8, 4) is 0 Å². The largest absolute Gasteiger partial charge is 0.460 e. The van der Waals surface area contributed by atoms with E-state index in [2.05, 4.69) is 16.1 Å². The van der Waals surface area contributed by atoms with Crippen LogP contribution in [0, 0.1) is 5.92 Å². The first-order valence-electron chi connectivity index (χ1n) is 14.4. The van der Waals surface area contributed by atoms with Crippen LogP contribution in [-0.2, 0) is 23.9 Å². The topological polar surface area (TPSA) is 137 Å². The Balaban J connectivity index is 1.53. The third kappa shape index (κ3) is 10.6. The van der Waals surface area contributed by atoms with Gasteiger partial charge in [-0.15, -0.1) is 0 Å². The summed E-state index contributed by atoms with van der Waals surface area (Å²) in [6.07, 6.45) is 3.96. The summed E-state index contributed by atoms with van der Waals surface area (Å²) in [7, 11) is 0. The van der Waals surface area contributed by atoms with E-state index in [1.54, 1.807) is 26.8 Å². The Morgan fingerprint density at radius 3 is 2.43 bits per heavy atom. The fourth-order valence-electron chi connectivity index (χ4n) is 4.68. The summed E-state index contributed by atoms with van der Waals surface area (Å²) in [4.78, 5) is 51.3. The van der Waals surface area contributed by atoms with E-state index in [0.29, 0.717) is 19.4 Å². The first-order chi connectivity index (χ1) is 20.6. The number of aliphatic hydroxyl groups excluding tert-OH is 1. The van der Waals surface area contributed by atoms with Crippen LogP contribution in [-0.4, -0.2) is 68.9 Å². The van der Waals surface area contributed by atoms with Crippen LogP contribution >= 0.6 is 34.8 Å². The lowest BCUT2D eigenvalue weighted by molar-refractivity contribution is -0.152. The molecule has 1 heterocycles. The summed E-state index contributed by atoms with van der Waals surface area (Å²) in [6, 6.07) is 9.05. The average Bonchev–Trinajstić information content (AvgIpc) is 2.97. The summed E-state index contributed by atoms with van der Waals surface area (Å²) < 4.78 is 3.27. The monoisotopic (exact) mass is 668 g/mol. The number of nitrogens with zero attached hydrogens (tertiary/aromatic N) is 1. The molecule has 1 aliphatic rings. The number of carbonyl (C=O) groups excluding carboxylic acids is 4. The summed E-state index contributed by atoms with van der Waals surface area (Å²) in [6.45, 7) is 6.73. The highest BCUT2D eigenvalue weighted by atomic mass is 35.6. The maximum Gasteiger partial charge on any atom is 0.325 e. The third-order valence-corrected chi connectivity index (χ3v) is 7.42. The summed E-state index contributed by atoms with van der Waals surface area (Å²) in [5.74, 6) is -2.21. The number of carbonyl (C=O) groups is 4. The van der Waals surface area contributed by atoms with Crippen LogP contribution in [0.3, 0.4) is 0 Å². The highest BCUT2D eigenvalue weighted by Gasteiger charge is 2.34. The third-order valence-electron chi connectivity index (χ3n) is 7.09. The van der Waals surface area contributed by atoms with E-state index < -0.39 is 52.4 Å². The Morgan fingerprint density at radius 2 is 1.77 bits per heavy atom. The van der Waals surface area contributed by atoms with Crippen LogP contribution in [0.4, 0.5) is 0 Å². The molecule has 13 heteroatoms. The predicted molar refractivity (Wildman–Crippen MR) is 172 cm³/mol. The zero-order valence-electron chi connectivity index (χ0n) is 25.1. The highest BCUT2D eigenvalue weighted by molar-refractivity contribution is 6.67. The number of rotatable bonds is 11. The minimum absolute atomic E-state index is 0.0458. The van der Waals surface area contributed by atoms with Crippen molar-refractivity contribution >= 4 is 75.3 Å². The Kier molecular flexibility index (Phi) is 12.9. The lowest BCUT2D eigenvalue weighted by atomic mass is 10.0. The lowest BCUT2D eigenvalue weighted by Gasteiger charge is -2.34. The van der Waals surface area contributed by atoms with E-state index in [0.717, 1.165) is 21.9 Å². The molecule has 3 rings (SSSR count). The van der Waals surface area contributed by atoms with E-state index in [4.69, 9.17) is 39.5 Å². The van der Waals surface area contributed by atoms with Crippen molar-refractivity contribution in [1.82, 2.24) is 21.1 Å². The number of hydrazine groups is 1. The van der Waals surface area contributed by atoms with E-state index in [-0.39, 0.29) is 18.2 Å². The smallest absolute Gasteiger partial charge is 0.325 e. The van der Waals surface area contributed by atoms with Gasteiger partial charge in [0.1, 0.15) is 24.7 Å². The van der Waals surface area contributed by atoms with Crippen molar-refractivity contribution in [3.63, 3.8) is 0 Å². The number of hydrogen-bond donors (Lipinski definition) is 4. The molecular weight excluding hydrogens is 631 g/mol. The zero-order valence-corrected chi connectivity index (χ0v) is 27.4. The molecule has 3 amide bonds. The van der Waals surface area contributed by atoms with Crippen LogP contribution in [0.1, 0.15) is 64.2 Å². The van der Waals surface area contributed by atoms with Gasteiger partial charge < -0.3 is 20.5 Å². The van der Waals surface area contributed by atoms with Crippen molar-refractivity contribution in [2.24, 2.45) is 5.92 Å². The molecule has 1 saturated heterocycles. The van der Waals surface area contributed by atoms with Gasteiger partial charge in [0.25, 0.3) is 5.91 Å². The maximum absolute atomic E-state index is 13.1. The normalized spacial score (nSPS) is 17.8. The van der Waals surface area contributed by atoms with Crippen molar-refractivity contribution in [3.05, 3.63) is 53.6 Å². The van der Waals surface area contributed by atoms with Gasteiger partial charge in [0.2, 0.25) is 15.6 Å². The molecule has 1 unspecified atom stereocenters. The van der Waals surface area contributed by atoms with Gasteiger partial charge in [0, 0.05) is 13.0 Å². The Labute approximate surface area is 272 Å². The zero-order chi connectivity index (χ0) is 32.6. The van der Waals surface area contributed by atoms with Gasteiger partial charge in [0.05, 0.1) is 6.10 Å². The van der Waals surface area contributed by atoms with E-state index >= 15 is 0 Å². The minimum Gasteiger partial charge on any atom is -0.460 e. The number of hydrogen-bond acceptors (Lipinski definition) is 7. The van der Waals surface area contributed by atoms with Crippen molar-refractivity contribution < 1.29 is 29.0 Å². The number of amides is 3. The van der Waals surface area contributed by atoms with Gasteiger partial charge in [0.15, 0.2) is 0 Å². The predicted octanol–water partition coefficient (Wildman–Crippen LogP) is 4.35. The van der Waals surface area contributed by atoms with E-state index in [1.807, 2.05) is 42.5 Å². The number of esters is 1. The summed E-state index contributed by atoms with van der Waals surface area (Å²) in [5, 5.41) is 18.6. The average molecular weight is 670 g/mol. The van der Waals surface area contributed by atoms with Gasteiger partial charge in [-0.3, -0.25) is 24.2 Å². The second kappa shape index (κ2) is 15.9. The number of fused-ring (bicyclic) bond motifs is 1. The fourth-order valence-corrected chi connectivity index (χ4v) is 4.85. The summed E-state index contributed by atoms with van der Waals surface area (Å²) >= 11 is 16.9. The second-order valence-electron chi connectivity index (χ2n) is 11.2. The Hall–Kier alpha value is -2.89. The van der Waals surface area contributed by atoms with E-state index in [9.17, 15) is 24.3 Å². The second-order valence-corrected chi connectivity index (χ2v) is 13.7. The fraction of sp³-hybridized carbons (Fsp3) is 0.484. The van der Waals surface area contributed by atoms with Crippen molar-refractivity contribution in [2.75, 3.05) is 13.2 Å². The van der Waals surface area contributed by atoms with Crippen LogP contribution in [0.15, 0.2) is 42.5 Å². The molecular formula is C31H39Cl3N4O6. The molecule has 0 aliphatic carbocycles. The van der Waals surface area contributed by atoms with Crippen LogP contribution in [0.2, 0.25) is 0 Å². The number of nitrogens with one attached hydrogen (secondary N) is 3. The molecule has 44 heavy (non-hydrogen) atoms. The van der Waals surface area contributed by atoms with Gasteiger partial charge in [-0.1, -0.05) is 85.1 Å². The molecule has 240 valence electrons. The van der Waals surface area contributed by atoms with Crippen LogP contribution in [0.5, 0.6) is 0 Å². The molecule has 0 aromatic heterocycles. The molecule has 2 aromatic carbocycles. The number of benzene rings is 2. The van der Waals surface area contributed by atoms with Gasteiger partial charge in [-0.25, -0.2) is 5.43 Å². The molecule has 1 aliphatic heterocycles. The molecule has 0 bridgehead atoms. The van der Waals surface area contributed by atoms with Gasteiger partial charge in [-0.2, -0.15) is 0 Å². The maximum atomic E-state index is 13.1. The van der Waals surface area contributed by atoms with Crippen molar-refractivity contribution in [1.29, 1.82) is 0 Å². The first kappa shape index (κ1) is 35.6. The molecule has 1 fully saturated rings. The molecule has 0 spiro atoms. The molecule has 4 atom stereocenters. The number of ether oxygens (including phenoxy) is 1. The number of aliphatic hydroxyl groups is 1. The molecule has 2 aromatic rings. The Bertz CT molecular complexity index is 1380. The summed E-state index contributed by atoms with van der Waals surface area (Å²) in [5.41, 5.74) is 4.54. The number of alkyl halides is 3. The lowest BCUT2D eigenvalue weighted by Crippen LogP contribution is -2.61. The van der Waals surface area contributed by atoms with Gasteiger partial charge in [-0.05, 0) is 66.6 Å². The molecule has 4 N–H and O–H groups in total. The van der Waals surface area contributed by atoms with Crippen LogP contribution in [0.25, 0.3) is 16.8 Å². The van der Waals surface area contributed by atoms with Crippen molar-refractivity contribution in [2.45, 2.75) is 75.0 Å². The first-order valence-corrected chi connectivity index (χ1v) is 15.6.